The van der Waals surface area contributed by atoms with E-state index in [4.69, 9.17) is 23.7 Å². The number of nitro benzene ring substituents is 1. The van der Waals surface area contributed by atoms with Gasteiger partial charge in [0.1, 0.15) is 17.2 Å². The van der Waals surface area contributed by atoms with Crippen LogP contribution >= 0.6 is 0 Å². The Balaban J connectivity index is 1.61. The fourth-order valence-electron chi connectivity index (χ4n) is 2.92. The maximum atomic E-state index is 12.5. The predicted molar refractivity (Wildman–Crippen MR) is 139 cm³/mol. The summed E-state index contributed by atoms with van der Waals surface area (Å²) in [7, 11) is 0. The molecule has 210 valence electrons. The minimum atomic E-state index is -0.899. The lowest BCUT2D eigenvalue weighted by molar-refractivity contribution is -0.385. The minimum absolute atomic E-state index is 0.0523. The second kappa shape index (κ2) is 14.2. The van der Waals surface area contributed by atoms with Crippen molar-refractivity contribution in [3.8, 4) is 23.0 Å². The van der Waals surface area contributed by atoms with Gasteiger partial charge in [0.15, 0.2) is 0 Å². The largest absolute Gasteiger partial charge is 0.457 e. The van der Waals surface area contributed by atoms with Crippen LogP contribution in [0.25, 0.3) is 0 Å². The number of hydrogen-bond acceptors (Lipinski definition) is 12. The first kappa shape index (κ1) is 29.6. The molecular formula is C28H21NO12. The van der Waals surface area contributed by atoms with Gasteiger partial charge in [-0.05, 0) is 60.7 Å². The second-order valence-electron chi connectivity index (χ2n) is 7.57. The lowest BCUT2D eigenvalue weighted by Crippen LogP contribution is -2.11. The van der Waals surface area contributed by atoms with Crippen molar-refractivity contribution in [3.63, 3.8) is 0 Å². The standard InChI is InChI=1S/C28H21NO12/c1-3-25(30)38-16-36-20-9-5-18(6-10-20)27(32)40-22-13-14-24(23(15-22)29(34)35)41-28(33)19-7-11-21(12-8-19)37-17-39-26(31)4-2/h3-15H,1-2,16-17H2. The number of hydrogen-bond donors (Lipinski definition) is 0. The summed E-state index contributed by atoms with van der Waals surface area (Å²) in [4.78, 5) is 57.9. The normalized spacial score (nSPS) is 9.95. The number of carbonyl (C=O) groups is 4. The highest BCUT2D eigenvalue weighted by Crippen LogP contribution is 2.32. The summed E-state index contributed by atoms with van der Waals surface area (Å²) >= 11 is 0. The molecule has 0 aromatic heterocycles. The van der Waals surface area contributed by atoms with Gasteiger partial charge in [-0.25, -0.2) is 19.2 Å². The average molecular weight is 563 g/mol. The monoisotopic (exact) mass is 563 g/mol. The summed E-state index contributed by atoms with van der Waals surface area (Å²) < 4.78 is 30.2. The van der Waals surface area contributed by atoms with Crippen LogP contribution in [-0.2, 0) is 19.1 Å². The van der Waals surface area contributed by atoms with Gasteiger partial charge in [0.05, 0.1) is 22.1 Å². The van der Waals surface area contributed by atoms with Crippen molar-refractivity contribution in [1.29, 1.82) is 0 Å². The predicted octanol–water partition coefficient (Wildman–Crippen LogP) is 4.16. The zero-order chi connectivity index (χ0) is 29.8. The van der Waals surface area contributed by atoms with Gasteiger partial charge in [-0.1, -0.05) is 13.2 Å². The van der Waals surface area contributed by atoms with Crippen molar-refractivity contribution >= 4 is 29.6 Å². The third kappa shape index (κ3) is 8.78. The Labute approximate surface area is 232 Å². The molecule has 0 aliphatic heterocycles. The first-order chi connectivity index (χ1) is 19.7. The van der Waals surface area contributed by atoms with Gasteiger partial charge in [-0.15, -0.1) is 0 Å². The maximum absolute atomic E-state index is 12.5. The van der Waals surface area contributed by atoms with Gasteiger partial charge in [0.2, 0.25) is 19.3 Å². The van der Waals surface area contributed by atoms with E-state index in [0.29, 0.717) is 5.75 Å². The molecule has 0 saturated carbocycles. The van der Waals surface area contributed by atoms with Crippen molar-refractivity contribution in [2.75, 3.05) is 13.6 Å². The van der Waals surface area contributed by atoms with Gasteiger partial charge in [0, 0.05) is 12.2 Å². The summed E-state index contributed by atoms with van der Waals surface area (Å²) in [6, 6.07) is 14.4. The molecule has 0 radical (unpaired) electrons. The summed E-state index contributed by atoms with van der Waals surface area (Å²) in [5.41, 5.74) is -0.466. The van der Waals surface area contributed by atoms with Crippen molar-refractivity contribution < 1.29 is 52.5 Å². The molecule has 13 heteroatoms. The van der Waals surface area contributed by atoms with Crippen LogP contribution in [0.3, 0.4) is 0 Å². The Kier molecular flexibility index (Phi) is 10.3. The Hall–Kier alpha value is -5.98. The van der Waals surface area contributed by atoms with Crippen LogP contribution in [-0.4, -0.2) is 42.4 Å². The number of rotatable bonds is 13. The van der Waals surface area contributed by atoms with Crippen molar-refractivity contribution in [2.24, 2.45) is 0 Å². The molecule has 41 heavy (non-hydrogen) atoms. The Morgan fingerprint density at radius 1 is 0.683 bits per heavy atom. The fraction of sp³-hybridized carbons (Fsp3) is 0.0714. The van der Waals surface area contributed by atoms with Crippen molar-refractivity contribution in [3.05, 3.63) is 113 Å². The molecule has 3 aromatic rings. The van der Waals surface area contributed by atoms with Gasteiger partial charge in [-0.2, -0.15) is 0 Å². The fourth-order valence-corrected chi connectivity index (χ4v) is 2.92. The first-order valence-corrected chi connectivity index (χ1v) is 11.5. The number of carbonyl (C=O) groups excluding carboxylic acids is 4. The third-order valence-electron chi connectivity index (χ3n) is 4.91. The van der Waals surface area contributed by atoms with Crippen LogP contribution in [0.2, 0.25) is 0 Å². The van der Waals surface area contributed by atoms with E-state index in [1.807, 2.05) is 0 Å². The van der Waals surface area contributed by atoms with E-state index in [-0.39, 0.29) is 42.0 Å². The van der Waals surface area contributed by atoms with Crippen LogP contribution < -0.4 is 18.9 Å². The average Bonchev–Trinajstić information content (AvgIpc) is 2.98. The Morgan fingerprint density at radius 2 is 1.12 bits per heavy atom. The minimum Gasteiger partial charge on any atom is -0.457 e. The molecule has 0 unspecified atom stereocenters. The second-order valence-corrected chi connectivity index (χ2v) is 7.57. The van der Waals surface area contributed by atoms with Gasteiger partial charge in [-0.3, -0.25) is 10.1 Å². The van der Waals surface area contributed by atoms with E-state index in [0.717, 1.165) is 24.3 Å². The molecule has 0 saturated heterocycles. The number of nitro groups is 1. The molecule has 3 aromatic carbocycles. The van der Waals surface area contributed by atoms with Crippen LogP contribution in [0.1, 0.15) is 20.7 Å². The number of benzene rings is 3. The molecule has 0 amide bonds. The zero-order valence-electron chi connectivity index (χ0n) is 21.2. The molecular weight excluding hydrogens is 542 g/mol. The Bertz CT molecular complexity index is 1460. The van der Waals surface area contributed by atoms with E-state index in [2.05, 4.69) is 17.9 Å². The lowest BCUT2D eigenvalue weighted by atomic mass is 10.2. The summed E-state index contributed by atoms with van der Waals surface area (Å²) in [5, 5.41) is 11.6. The molecule has 0 aliphatic carbocycles. The van der Waals surface area contributed by atoms with Crippen LogP contribution in [0.4, 0.5) is 5.69 Å². The highest BCUT2D eigenvalue weighted by molar-refractivity contribution is 5.92. The van der Waals surface area contributed by atoms with E-state index in [1.165, 1.54) is 54.6 Å². The van der Waals surface area contributed by atoms with Crippen LogP contribution in [0, 0.1) is 10.1 Å². The topological polar surface area (TPSA) is 167 Å². The summed E-state index contributed by atoms with van der Waals surface area (Å²) in [6.45, 7) is 5.78. The summed E-state index contributed by atoms with van der Waals surface area (Å²) in [5.74, 6) is -3.01. The number of esters is 4. The maximum Gasteiger partial charge on any atom is 0.343 e. The zero-order valence-corrected chi connectivity index (χ0v) is 21.2. The molecule has 0 heterocycles. The highest BCUT2D eigenvalue weighted by Gasteiger charge is 2.22. The molecule has 0 fully saturated rings. The first-order valence-electron chi connectivity index (χ1n) is 11.5. The number of ether oxygens (including phenoxy) is 6. The van der Waals surface area contributed by atoms with Gasteiger partial charge in [0.25, 0.3) is 0 Å². The molecule has 0 bridgehead atoms. The molecule has 0 spiro atoms. The quantitative estimate of drug-likeness (QED) is 0.0728. The van der Waals surface area contributed by atoms with E-state index in [1.54, 1.807) is 0 Å². The van der Waals surface area contributed by atoms with Gasteiger partial charge < -0.3 is 28.4 Å². The lowest BCUT2D eigenvalue weighted by Gasteiger charge is -2.09. The third-order valence-corrected chi connectivity index (χ3v) is 4.91. The number of nitrogens with zero attached hydrogens (tertiary/aromatic N) is 1. The SMILES string of the molecule is C=CC(=O)OCOc1ccc(C(=O)Oc2ccc(OC(=O)c3ccc(OCOC(=O)C=C)cc3)c([N+](=O)[O-])c2)cc1. The Morgan fingerprint density at radius 3 is 1.56 bits per heavy atom. The molecule has 0 N–H and O–H groups in total. The molecule has 13 nitrogen and oxygen atoms in total. The van der Waals surface area contributed by atoms with E-state index < -0.39 is 34.5 Å². The van der Waals surface area contributed by atoms with E-state index >= 15 is 0 Å². The van der Waals surface area contributed by atoms with Crippen LogP contribution in [0.15, 0.2) is 92.0 Å². The molecule has 3 rings (SSSR count). The highest BCUT2D eigenvalue weighted by atomic mass is 16.7. The van der Waals surface area contributed by atoms with Crippen molar-refractivity contribution in [1.82, 2.24) is 0 Å². The van der Waals surface area contributed by atoms with E-state index in [9.17, 15) is 29.3 Å². The van der Waals surface area contributed by atoms with Gasteiger partial charge >= 0.3 is 29.6 Å². The molecule has 0 atom stereocenters. The molecule has 0 aliphatic rings. The van der Waals surface area contributed by atoms with Crippen LogP contribution in [0.5, 0.6) is 23.0 Å². The van der Waals surface area contributed by atoms with Crippen molar-refractivity contribution in [2.45, 2.75) is 0 Å². The smallest absolute Gasteiger partial charge is 0.343 e. The summed E-state index contributed by atoms with van der Waals surface area (Å²) in [6.07, 6.45) is 1.96.